The van der Waals surface area contributed by atoms with Gasteiger partial charge in [0.2, 0.25) is 15.9 Å². The normalized spacial score (nSPS) is 13.1. The molecule has 0 bridgehead atoms. The van der Waals surface area contributed by atoms with Gasteiger partial charge in [0.15, 0.2) is 0 Å². The second-order valence-electron chi connectivity index (χ2n) is 4.03. The van der Waals surface area contributed by atoms with Gasteiger partial charge in [-0.1, -0.05) is 13.0 Å². The Morgan fingerprint density at radius 1 is 1.44 bits per heavy atom. The molecule has 0 radical (unpaired) electrons. The lowest BCUT2D eigenvalue weighted by molar-refractivity contribution is -0.117. The van der Waals surface area contributed by atoms with Crippen molar-refractivity contribution in [3.8, 4) is 0 Å². The predicted octanol–water partition coefficient (Wildman–Crippen LogP) is 0.318. The Morgan fingerprint density at radius 2 is 2.06 bits per heavy atom. The maximum Gasteiger partial charge on any atom is 0.241 e. The minimum Gasteiger partial charge on any atom is -0.325 e. The third-order valence-corrected chi connectivity index (χ3v) is 3.59. The van der Waals surface area contributed by atoms with E-state index in [4.69, 9.17) is 10.9 Å². The van der Waals surface area contributed by atoms with Gasteiger partial charge in [0.1, 0.15) is 0 Å². The van der Waals surface area contributed by atoms with Crippen LogP contribution in [0.15, 0.2) is 23.1 Å². The highest BCUT2D eigenvalue weighted by Gasteiger charge is 2.15. The predicted molar refractivity (Wildman–Crippen MR) is 69.4 cm³/mol. The highest BCUT2D eigenvalue weighted by molar-refractivity contribution is 7.89. The van der Waals surface area contributed by atoms with Crippen LogP contribution < -0.4 is 16.2 Å². The van der Waals surface area contributed by atoms with Crippen molar-refractivity contribution >= 4 is 21.6 Å². The Morgan fingerprint density at radius 3 is 2.56 bits per heavy atom. The van der Waals surface area contributed by atoms with Gasteiger partial charge in [0.05, 0.1) is 10.9 Å². The first-order valence-corrected chi connectivity index (χ1v) is 7.00. The number of anilines is 1. The minimum absolute atomic E-state index is 0.00892. The SMILES string of the molecule is CC[C@@H](N)C(=O)Nc1ccc(C)c(S(N)(=O)=O)c1. The van der Waals surface area contributed by atoms with E-state index in [1.54, 1.807) is 26.0 Å². The van der Waals surface area contributed by atoms with Crippen LogP contribution >= 0.6 is 0 Å². The van der Waals surface area contributed by atoms with Crippen LogP contribution in [0.4, 0.5) is 5.69 Å². The van der Waals surface area contributed by atoms with Crippen molar-refractivity contribution in [1.29, 1.82) is 0 Å². The molecule has 1 aromatic carbocycles. The first-order chi connectivity index (χ1) is 8.25. The monoisotopic (exact) mass is 271 g/mol. The Hall–Kier alpha value is -1.44. The maximum atomic E-state index is 11.6. The van der Waals surface area contributed by atoms with Gasteiger partial charge in [-0.25, -0.2) is 13.6 Å². The number of hydrogen-bond acceptors (Lipinski definition) is 4. The molecule has 1 aromatic rings. The standard InChI is InChI=1S/C11H17N3O3S/c1-3-9(12)11(15)14-8-5-4-7(2)10(6-8)18(13,16)17/h4-6,9H,3,12H2,1-2H3,(H,14,15)(H2,13,16,17)/t9-/m1/s1. The van der Waals surface area contributed by atoms with E-state index in [0.717, 1.165) is 0 Å². The molecule has 0 aliphatic carbocycles. The van der Waals surface area contributed by atoms with Crippen LogP contribution in [0, 0.1) is 6.92 Å². The number of rotatable bonds is 4. The second-order valence-corrected chi connectivity index (χ2v) is 5.56. The Bertz CT molecular complexity index is 555. The molecule has 1 amide bonds. The van der Waals surface area contributed by atoms with Gasteiger partial charge in [0, 0.05) is 5.69 Å². The number of hydrogen-bond donors (Lipinski definition) is 3. The van der Waals surface area contributed by atoms with Crippen molar-refractivity contribution < 1.29 is 13.2 Å². The van der Waals surface area contributed by atoms with Gasteiger partial charge < -0.3 is 11.1 Å². The molecule has 7 heteroatoms. The van der Waals surface area contributed by atoms with E-state index in [2.05, 4.69) is 5.32 Å². The fourth-order valence-electron chi connectivity index (χ4n) is 1.40. The summed E-state index contributed by atoms with van der Waals surface area (Å²) < 4.78 is 22.6. The van der Waals surface area contributed by atoms with Gasteiger partial charge >= 0.3 is 0 Å². The quantitative estimate of drug-likeness (QED) is 0.731. The Labute approximate surface area is 106 Å². The molecule has 0 saturated carbocycles. The van der Waals surface area contributed by atoms with E-state index < -0.39 is 16.1 Å². The third kappa shape index (κ3) is 3.52. The fourth-order valence-corrected chi connectivity index (χ4v) is 2.21. The lowest BCUT2D eigenvalue weighted by atomic mass is 10.2. The van der Waals surface area contributed by atoms with E-state index in [0.29, 0.717) is 17.7 Å². The molecule has 0 aromatic heterocycles. The number of primary sulfonamides is 1. The van der Waals surface area contributed by atoms with E-state index in [1.807, 2.05) is 0 Å². The first kappa shape index (κ1) is 14.6. The Balaban J connectivity index is 3.04. The van der Waals surface area contributed by atoms with E-state index in [1.165, 1.54) is 6.07 Å². The van der Waals surface area contributed by atoms with Crippen LogP contribution in [0.25, 0.3) is 0 Å². The molecule has 0 unspecified atom stereocenters. The molecule has 1 atom stereocenters. The van der Waals surface area contributed by atoms with E-state index >= 15 is 0 Å². The summed E-state index contributed by atoms with van der Waals surface area (Å²) >= 11 is 0. The number of aryl methyl sites for hydroxylation is 1. The van der Waals surface area contributed by atoms with Crippen molar-refractivity contribution in [2.75, 3.05) is 5.32 Å². The molecule has 0 aliphatic rings. The first-order valence-electron chi connectivity index (χ1n) is 5.45. The van der Waals surface area contributed by atoms with Gasteiger partial charge in [0.25, 0.3) is 0 Å². The van der Waals surface area contributed by atoms with E-state index in [9.17, 15) is 13.2 Å². The highest BCUT2D eigenvalue weighted by Crippen LogP contribution is 2.19. The zero-order chi connectivity index (χ0) is 13.9. The molecular formula is C11H17N3O3S. The molecule has 0 spiro atoms. The van der Waals surface area contributed by atoms with Gasteiger partial charge in [-0.2, -0.15) is 0 Å². The highest BCUT2D eigenvalue weighted by atomic mass is 32.2. The van der Waals surface area contributed by atoms with Gasteiger partial charge in [-0.3, -0.25) is 4.79 Å². The lowest BCUT2D eigenvalue weighted by Crippen LogP contribution is -2.34. The number of amides is 1. The summed E-state index contributed by atoms with van der Waals surface area (Å²) in [6.45, 7) is 3.41. The summed E-state index contributed by atoms with van der Waals surface area (Å²) in [7, 11) is -3.80. The summed E-state index contributed by atoms with van der Waals surface area (Å²) in [5.74, 6) is -0.360. The van der Waals surface area contributed by atoms with Crippen LogP contribution in [-0.4, -0.2) is 20.4 Å². The van der Waals surface area contributed by atoms with Crippen molar-refractivity contribution in [3.05, 3.63) is 23.8 Å². The van der Waals surface area contributed by atoms with Crippen LogP contribution in [0.2, 0.25) is 0 Å². The number of carbonyl (C=O) groups excluding carboxylic acids is 1. The van der Waals surface area contributed by atoms with Gasteiger partial charge in [-0.05, 0) is 31.0 Å². The average Bonchev–Trinajstić information content (AvgIpc) is 2.29. The molecule has 18 heavy (non-hydrogen) atoms. The van der Waals surface area contributed by atoms with Crippen LogP contribution in [-0.2, 0) is 14.8 Å². The number of sulfonamides is 1. The number of nitrogens with two attached hydrogens (primary N) is 2. The lowest BCUT2D eigenvalue weighted by Gasteiger charge is -2.11. The molecule has 6 nitrogen and oxygen atoms in total. The zero-order valence-corrected chi connectivity index (χ0v) is 11.1. The summed E-state index contributed by atoms with van der Waals surface area (Å²) in [6.07, 6.45) is 0.500. The van der Waals surface area contributed by atoms with Crippen LogP contribution in [0.3, 0.4) is 0 Å². The number of benzene rings is 1. The van der Waals surface area contributed by atoms with Crippen LogP contribution in [0.1, 0.15) is 18.9 Å². The molecule has 0 fully saturated rings. The molecule has 1 rings (SSSR count). The number of nitrogens with one attached hydrogen (secondary N) is 1. The summed E-state index contributed by atoms with van der Waals surface area (Å²) in [6, 6.07) is 3.88. The second kappa shape index (κ2) is 5.47. The third-order valence-electron chi connectivity index (χ3n) is 2.54. The van der Waals surface area contributed by atoms with Crippen molar-refractivity contribution in [2.45, 2.75) is 31.2 Å². The molecule has 0 aliphatic heterocycles. The molecule has 0 heterocycles. The molecule has 5 N–H and O–H groups in total. The average molecular weight is 271 g/mol. The van der Waals surface area contributed by atoms with Crippen molar-refractivity contribution in [3.63, 3.8) is 0 Å². The number of carbonyl (C=O) groups is 1. The Kier molecular flexibility index (Phi) is 4.44. The summed E-state index contributed by atoms with van der Waals surface area (Å²) in [4.78, 5) is 11.6. The zero-order valence-electron chi connectivity index (χ0n) is 10.3. The maximum absolute atomic E-state index is 11.6. The van der Waals surface area contributed by atoms with Crippen molar-refractivity contribution in [2.24, 2.45) is 10.9 Å². The van der Waals surface area contributed by atoms with Crippen LogP contribution in [0.5, 0.6) is 0 Å². The fraction of sp³-hybridized carbons (Fsp3) is 0.364. The smallest absolute Gasteiger partial charge is 0.241 e. The summed E-state index contributed by atoms with van der Waals surface area (Å²) in [5.41, 5.74) is 6.45. The van der Waals surface area contributed by atoms with Gasteiger partial charge in [-0.15, -0.1) is 0 Å². The molecular weight excluding hydrogens is 254 g/mol. The van der Waals surface area contributed by atoms with E-state index in [-0.39, 0.29) is 10.8 Å². The largest absolute Gasteiger partial charge is 0.325 e. The molecule has 0 saturated heterocycles. The molecule has 100 valence electrons. The topological polar surface area (TPSA) is 115 Å². The summed E-state index contributed by atoms with van der Waals surface area (Å²) in [5, 5.41) is 7.63. The minimum atomic E-state index is -3.80. The van der Waals surface area contributed by atoms with Crippen molar-refractivity contribution in [1.82, 2.24) is 0 Å².